The van der Waals surface area contributed by atoms with Crippen LogP contribution in [0.3, 0.4) is 0 Å². The highest BCUT2D eigenvalue weighted by Crippen LogP contribution is 2.26. The van der Waals surface area contributed by atoms with Gasteiger partial charge in [0.25, 0.3) is 0 Å². The fourth-order valence-corrected chi connectivity index (χ4v) is 2.09. The highest BCUT2D eigenvalue weighted by Gasteiger charge is 2.09. The van der Waals surface area contributed by atoms with Gasteiger partial charge in [0, 0.05) is 4.90 Å². The minimum Gasteiger partial charge on any atom is -0.324 e. The Labute approximate surface area is 116 Å². The highest BCUT2D eigenvalue weighted by atomic mass is 32.2. The largest absolute Gasteiger partial charge is 0.324 e. The molecule has 1 aromatic carbocycles. The van der Waals surface area contributed by atoms with Gasteiger partial charge in [-0.2, -0.15) is 10.5 Å². The Kier molecular flexibility index (Phi) is 6.45. The van der Waals surface area contributed by atoms with Gasteiger partial charge in [0.2, 0.25) is 5.91 Å². The van der Waals surface area contributed by atoms with Crippen molar-refractivity contribution in [2.24, 2.45) is 0 Å². The number of para-hydroxylation sites is 1. The first-order chi connectivity index (χ1) is 9.17. The van der Waals surface area contributed by atoms with Gasteiger partial charge in [0.05, 0.1) is 36.7 Å². The van der Waals surface area contributed by atoms with Crippen molar-refractivity contribution in [1.82, 2.24) is 4.90 Å². The number of hydrogen-bond acceptors (Lipinski definition) is 5. The summed E-state index contributed by atoms with van der Waals surface area (Å²) in [6.07, 6.45) is 0. The molecular weight excluding hydrogens is 260 g/mol. The molecule has 1 N–H and O–H groups in total. The van der Waals surface area contributed by atoms with Crippen molar-refractivity contribution in [3.05, 3.63) is 24.3 Å². The lowest BCUT2D eigenvalue weighted by Gasteiger charge is -2.13. The number of carbonyl (C=O) groups is 1. The van der Waals surface area contributed by atoms with Crippen LogP contribution in [0.1, 0.15) is 0 Å². The van der Waals surface area contributed by atoms with Crippen LogP contribution in [0.4, 0.5) is 5.69 Å². The predicted molar refractivity (Wildman–Crippen MR) is 74.5 cm³/mol. The third kappa shape index (κ3) is 5.43. The smallest absolute Gasteiger partial charge is 0.238 e. The molecule has 0 aromatic heterocycles. The number of carbonyl (C=O) groups excluding carboxylic acids is 1. The monoisotopic (exact) mass is 274 g/mol. The summed E-state index contributed by atoms with van der Waals surface area (Å²) in [5.74, 6) is 0.157. The number of nitrogens with one attached hydrogen (secondary N) is 1. The average molecular weight is 274 g/mol. The van der Waals surface area contributed by atoms with E-state index in [1.165, 1.54) is 11.8 Å². The van der Waals surface area contributed by atoms with Gasteiger partial charge in [-0.3, -0.25) is 9.69 Å². The molecule has 1 rings (SSSR count). The topological polar surface area (TPSA) is 79.9 Å². The van der Waals surface area contributed by atoms with Crippen molar-refractivity contribution in [2.45, 2.75) is 4.90 Å². The Morgan fingerprint density at radius 3 is 2.79 bits per heavy atom. The van der Waals surface area contributed by atoms with Crippen molar-refractivity contribution in [3.63, 3.8) is 0 Å². The number of nitriles is 2. The molecule has 0 aliphatic heterocycles. The van der Waals surface area contributed by atoms with Crippen LogP contribution < -0.4 is 5.32 Å². The number of benzene rings is 1. The molecule has 0 saturated carbocycles. The van der Waals surface area contributed by atoms with E-state index in [0.717, 1.165) is 4.90 Å². The molecule has 1 aromatic rings. The second kappa shape index (κ2) is 8.15. The zero-order valence-corrected chi connectivity index (χ0v) is 11.4. The van der Waals surface area contributed by atoms with Crippen molar-refractivity contribution in [3.8, 4) is 12.1 Å². The quantitative estimate of drug-likeness (QED) is 0.631. The van der Waals surface area contributed by atoms with Gasteiger partial charge in [-0.05, 0) is 19.2 Å². The number of anilines is 1. The first kappa shape index (κ1) is 15.0. The minimum atomic E-state index is -0.178. The molecule has 6 heteroatoms. The molecule has 0 radical (unpaired) electrons. The summed E-state index contributed by atoms with van der Waals surface area (Å²) in [6, 6.07) is 11.4. The van der Waals surface area contributed by atoms with Gasteiger partial charge in [0.1, 0.15) is 0 Å². The van der Waals surface area contributed by atoms with E-state index in [4.69, 9.17) is 10.5 Å². The standard InChI is InChI=1S/C13H14N4OS/c1-17(8-6-14)10-13(18)16-11-4-2-3-5-12(11)19-9-7-15/h2-5H,8-10H2,1H3,(H,16,18). The Morgan fingerprint density at radius 2 is 2.11 bits per heavy atom. The predicted octanol–water partition coefficient (Wildman–Crippen LogP) is 1.70. The van der Waals surface area contributed by atoms with Crippen molar-refractivity contribution < 1.29 is 4.79 Å². The zero-order chi connectivity index (χ0) is 14.1. The SMILES string of the molecule is CN(CC#N)CC(=O)Nc1ccccc1SCC#N. The third-order valence-electron chi connectivity index (χ3n) is 2.21. The number of thioether (sulfide) groups is 1. The Balaban J connectivity index is 2.64. The second-order valence-electron chi connectivity index (χ2n) is 3.82. The molecular formula is C13H14N4OS. The zero-order valence-electron chi connectivity index (χ0n) is 10.6. The lowest BCUT2D eigenvalue weighted by molar-refractivity contribution is -0.116. The number of rotatable bonds is 6. The molecule has 0 heterocycles. The second-order valence-corrected chi connectivity index (χ2v) is 4.84. The maximum atomic E-state index is 11.8. The Bertz CT molecular complexity index is 518. The normalized spacial score (nSPS) is 9.68. The van der Waals surface area contributed by atoms with Crippen molar-refractivity contribution in [2.75, 3.05) is 31.2 Å². The lowest BCUT2D eigenvalue weighted by atomic mass is 10.3. The van der Waals surface area contributed by atoms with Crippen LogP contribution in [-0.2, 0) is 4.79 Å². The Morgan fingerprint density at radius 1 is 1.37 bits per heavy atom. The molecule has 0 saturated heterocycles. The van der Waals surface area contributed by atoms with Crippen LogP contribution in [0.25, 0.3) is 0 Å². The summed E-state index contributed by atoms with van der Waals surface area (Å²) in [6.45, 7) is 0.364. The fourth-order valence-electron chi connectivity index (χ4n) is 1.42. The summed E-state index contributed by atoms with van der Waals surface area (Å²) < 4.78 is 0. The molecule has 0 spiro atoms. The van der Waals surface area contributed by atoms with Crippen molar-refractivity contribution >= 4 is 23.4 Å². The van der Waals surface area contributed by atoms with E-state index in [9.17, 15) is 4.79 Å². The molecule has 0 atom stereocenters. The first-order valence-electron chi connectivity index (χ1n) is 5.61. The van der Waals surface area contributed by atoms with Gasteiger partial charge < -0.3 is 5.32 Å². The molecule has 0 aliphatic rings. The van der Waals surface area contributed by atoms with E-state index in [1.807, 2.05) is 24.3 Å². The summed E-state index contributed by atoms with van der Waals surface area (Å²) in [5.41, 5.74) is 0.693. The van der Waals surface area contributed by atoms with Crippen LogP contribution >= 0.6 is 11.8 Å². The summed E-state index contributed by atoms with van der Waals surface area (Å²) in [7, 11) is 1.71. The molecule has 98 valence electrons. The van der Waals surface area contributed by atoms with E-state index < -0.39 is 0 Å². The molecule has 19 heavy (non-hydrogen) atoms. The van der Waals surface area contributed by atoms with Crippen LogP contribution in [0.5, 0.6) is 0 Å². The third-order valence-corrected chi connectivity index (χ3v) is 3.15. The van der Waals surface area contributed by atoms with E-state index >= 15 is 0 Å². The van der Waals surface area contributed by atoms with Crippen LogP contribution in [0.15, 0.2) is 29.2 Å². The van der Waals surface area contributed by atoms with E-state index in [1.54, 1.807) is 18.0 Å². The average Bonchev–Trinajstić information content (AvgIpc) is 2.37. The summed E-state index contributed by atoms with van der Waals surface area (Å²) in [5, 5.41) is 19.9. The van der Waals surface area contributed by atoms with Gasteiger partial charge in [-0.1, -0.05) is 12.1 Å². The summed E-state index contributed by atoms with van der Waals surface area (Å²) >= 11 is 1.38. The molecule has 0 aliphatic carbocycles. The number of likely N-dealkylation sites (N-methyl/N-ethyl adjacent to an activating group) is 1. The molecule has 0 fully saturated rings. The number of hydrogen-bond donors (Lipinski definition) is 1. The molecule has 0 unspecified atom stereocenters. The maximum absolute atomic E-state index is 11.8. The fraction of sp³-hybridized carbons (Fsp3) is 0.308. The van der Waals surface area contributed by atoms with Gasteiger partial charge in [0.15, 0.2) is 0 Å². The van der Waals surface area contributed by atoms with Gasteiger partial charge in [-0.25, -0.2) is 0 Å². The highest BCUT2D eigenvalue weighted by molar-refractivity contribution is 7.99. The molecule has 1 amide bonds. The van der Waals surface area contributed by atoms with Crippen LogP contribution in [0, 0.1) is 22.7 Å². The maximum Gasteiger partial charge on any atom is 0.238 e. The van der Waals surface area contributed by atoms with E-state index in [-0.39, 0.29) is 19.0 Å². The minimum absolute atomic E-state index is 0.158. The summed E-state index contributed by atoms with van der Waals surface area (Å²) in [4.78, 5) is 14.3. The van der Waals surface area contributed by atoms with E-state index in [2.05, 4.69) is 11.4 Å². The lowest BCUT2D eigenvalue weighted by Crippen LogP contribution is -2.30. The number of nitrogens with zero attached hydrogens (tertiary/aromatic N) is 3. The first-order valence-corrected chi connectivity index (χ1v) is 6.60. The van der Waals surface area contributed by atoms with Gasteiger partial charge >= 0.3 is 0 Å². The van der Waals surface area contributed by atoms with Crippen LogP contribution in [0.2, 0.25) is 0 Å². The number of amides is 1. The molecule has 5 nitrogen and oxygen atoms in total. The molecule has 0 bridgehead atoms. The van der Waals surface area contributed by atoms with Crippen molar-refractivity contribution in [1.29, 1.82) is 10.5 Å². The Hall–Kier alpha value is -2.02. The van der Waals surface area contributed by atoms with E-state index in [0.29, 0.717) is 11.4 Å². The van der Waals surface area contributed by atoms with Crippen LogP contribution in [-0.4, -0.2) is 36.7 Å². The van der Waals surface area contributed by atoms with Gasteiger partial charge in [-0.15, -0.1) is 11.8 Å².